The molecule has 1 atom stereocenters. The third-order valence-corrected chi connectivity index (χ3v) is 11.9. The van der Waals surface area contributed by atoms with Crippen molar-refractivity contribution in [3.05, 3.63) is 23.5 Å². The molecule has 0 aromatic carbocycles. The first-order valence-electron chi connectivity index (χ1n) is 11.0. The maximum Gasteiger partial charge on any atom is 0.0692 e. The normalized spacial score (nSPS) is 17.6. The SMILES string of the molecule is CCN(CC)P(C1=CC=CC1P(N(CC)CC)N(CC)CC)N(CC)CC. The van der Waals surface area contributed by atoms with Crippen molar-refractivity contribution >= 4 is 16.4 Å². The molecule has 0 aromatic rings. The van der Waals surface area contributed by atoms with E-state index in [1.54, 1.807) is 5.31 Å². The van der Waals surface area contributed by atoms with Gasteiger partial charge in [0.05, 0.1) is 22.1 Å². The van der Waals surface area contributed by atoms with Crippen LogP contribution < -0.4 is 0 Å². The molecule has 0 heterocycles. The lowest BCUT2D eigenvalue weighted by Crippen LogP contribution is -2.36. The Labute approximate surface area is 172 Å². The van der Waals surface area contributed by atoms with Gasteiger partial charge in [0.15, 0.2) is 0 Å². The first kappa shape index (κ1) is 25.2. The van der Waals surface area contributed by atoms with Crippen LogP contribution in [0.5, 0.6) is 0 Å². The van der Waals surface area contributed by atoms with Crippen molar-refractivity contribution in [1.82, 2.24) is 18.7 Å². The second-order valence-corrected chi connectivity index (χ2v) is 11.1. The molecule has 1 unspecified atom stereocenters. The Bertz CT molecular complexity index is 429. The molecule has 1 aliphatic carbocycles. The molecular weight excluding hydrogens is 370 g/mol. The molecule has 0 fully saturated rings. The van der Waals surface area contributed by atoms with E-state index in [-0.39, 0.29) is 8.22 Å². The number of allylic oxidation sites excluding steroid dienone is 4. The summed E-state index contributed by atoms with van der Waals surface area (Å²) in [6.45, 7) is 27.6. The van der Waals surface area contributed by atoms with Crippen LogP contribution in [0.2, 0.25) is 0 Å². The molecule has 0 N–H and O–H groups in total. The highest BCUT2D eigenvalue weighted by Gasteiger charge is 2.38. The van der Waals surface area contributed by atoms with Crippen molar-refractivity contribution in [2.75, 3.05) is 52.4 Å². The maximum atomic E-state index is 2.72. The second-order valence-electron chi connectivity index (χ2n) is 6.59. The molecule has 0 aromatic heterocycles. The number of hydrogen-bond acceptors (Lipinski definition) is 4. The van der Waals surface area contributed by atoms with E-state index in [2.05, 4.69) is 92.3 Å². The van der Waals surface area contributed by atoms with E-state index < -0.39 is 8.22 Å². The van der Waals surface area contributed by atoms with Gasteiger partial charge in [-0.15, -0.1) is 0 Å². The van der Waals surface area contributed by atoms with E-state index in [1.807, 2.05) is 0 Å². The lowest BCUT2D eigenvalue weighted by atomic mass is 10.5. The van der Waals surface area contributed by atoms with E-state index in [0.717, 1.165) is 52.4 Å². The summed E-state index contributed by atoms with van der Waals surface area (Å²) in [6.07, 6.45) is 7.29. The van der Waals surface area contributed by atoms with Crippen molar-refractivity contribution in [1.29, 1.82) is 0 Å². The maximum absolute atomic E-state index is 2.72. The first-order chi connectivity index (χ1) is 13.1. The third-order valence-electron chi connectivity index (χ3n) is 5.38. The Balaban J connectivity index is 3.34. The van der Waals surface area contributed by atoms with Crippen LogP contribution in [0, 0.1) is 0 Å². The van der Waals surface area contributed by atoms with Crippen LogP contribution in [0.1, 0.15) is 55.4 Å². The standard InChI is InChI=1S/C21H44N4P2/c1-9-22(10-2)26(23(11-3)12-4)20-18-17-19-21(20)27(24(13-5)14-6)25(15-7)16-8/h17-20H,9-16H2,1-8H3. The molecule has 0 saturated heterocycles. The highest BCUT2D eigenvalue weighted by atomic mass is 31.1. The van der Waals surface area contributed by atoms with Gasteiger partial charge in [-0.05, 0) is 5.31 Å². The monoisotopic (exact) mass is 414 g/mol. The van der Waals surface area contributed by atoms with Gasteiger partial charge >= 0.3 is 0 Å². The number of hydrogen-bond donors (Lipinski definition) is 0. The van der Waals surface area contributed by atoms with Crippen LogP contribution in [-0.2, 0) is 0 Å². The summed E-state index contributed by atoms with van der Waals surface area (Å²) in [5.41, 5.74) is 0.548. The molecule has 1 aliphatic rings. The topological polar surface area (TPSA) is 13.0 Å². The second kappa shape index (κ2) is 13.4. The molecule has 0 spiro atoms. The average molecular weight is 415 g/mol. The van der Waals surface area contributed by atoms with Gasteiger partial charge in [0.1, 0.15) is 0 Å². The fraction of sp³-hybridized carbons (Fsp3) is 0.810. The molecule has 158 valence electrons. The smallest absolute Gasteiger partial charge is 0.0692 e. The van der Waals surface area contributed by atoms with Crippen molar-refractivity contribution in [2.24, 2.45) is 0 Å². The summed E-state index contributed by atoms with van der Waals surface area (Å²) >= 11 is 0. The minimum absolute atomic E-state index is 0.356. The minimum Gasteiger partial charge on any atom is -0.270 e. The van der Waals surface area contributed by atoms with Crippen LogP contribution in [-0.4, -0.2) is 76.7 Å². The Morgan fingerprint density at radius 1 is 0.630 bits per heavy atom. The van der Waals surface area contributed by atoms with Crippen LogP contribution in [0.3, 0.4) is 0 Å². The van der Waals surface area contributed by atoms with Gasteiger partial charge in [0, 0.05) is 52.4 Å². The molecule has 4 nitrogen and oxygen atoms in total. The zero-order valence-electron chi connectivity index (χ0n) is 19.1. The Morgan fingerprint density at radius 2 is 1.00 bits per heavy atom. The van der Waals surface area contributed by atoms with Crippen LogP contribution in [0.25, 0.3) is 0 Å². The Kier molecular flexibility index (Phi) is 12.5. The van der Waals surface area contributed by atoms with Gasteiger partial charge in [-0.2, -0.15) is 0 Å². The van der Waals surface area contributed by atoms with Crippen LogP contribution in [0.4, 0.5) is 0 Å². The number of nitrogens with zero attached hydrogens (tertiary/aromatic N) is 4. The van der Waals surface area contributed by atoms with Crippen molar-refractivity contribution in [3.63, 3.8) is 0 Å². The first-order valence-corrected chi connectivity index (χ1v) is 13.6. The Morgan fingerprint density at radius 3 is 1.33 bits per heavy atom. The Hall–Kier alpha value is 0.180. The van der Waals surface area contributed by atoms with Gasteiger partial charge in [0.25, 0.3) is 0 Å². The van der Waals surface area contributed by atoms with Gasteiger partial charge in [0.2, 0.25) is 0 Å². The van der Waals surface area contributed by atoms with Crippen molar-refractivity contribution in [3.8, 4) is 0 Å². The summed E-state index contributed by atoms with van der Waals surface area (Å²) in [7, 11) is -0.758. The largest absolute Gasteiger partial charge is 0.270 e. The lowest BCUT2D eigenvalue weighted by molar-refractivity contribution is 0.417. The van der Waals surface area contributed by atoms with Crippen LogP contribution in [0.15, 0.2) is 23.5 Å². The highest BCUT2D eigenvalue weighted by molar-refractivity contribution is 7.61. The average Bonchev–Trinajstić information content (AvgIpc) is 3.17. The fourth-order valence-electron chi connectivity index (χ4n) is 3.88. The minimum atomic E-state index is -0.402. The zero-order valence-corrected chi connectivity index (χ0v) is 20.9. The van der Waals surface area contributed by atoms with Gasteiger partial charge in [-0.1, -0.05) is 73.6 Å². The summed E-state index contributed by atoms with van der Waals surface area (Å²) in [5, 5.41) is 1.67. The molecule has 0 radical (unpaired) electrons. The van der Waals surface area contributed by atoms with E-state index in [4.69, 9.17) is 0 Å². The molecular formula is C21H44N4P2. The van der Waals surface area contributed by atoms with Gasteiger partial charge < -0.3 is 0 Å². The molecule has 0 saturated carbocycles. The molecule has 0 amide bonds. The zero-order chi connectivity index (χ0) is 20.4. The molecule has 0 aliphatic heterocycles. The van der Waals surface area contributed by atoms with E-state index >= 15 is 0 Å². The number of rotatable bonds is 14. The molecule has 6 heteroatoms. The predicted octanol–water partition coefficient (Wildman–Crippen LogP) is 5.80. The van der Waals surface area contributed by atoms with E-state index in [1.165, 1.54) is 0 Å². The van der Waals surface area contributed by atoms with Gasteiger partial charge in [-0.3, -0.25) is 18.7 Å². The lowest BCUT2D eigenvalue weighted by Gasteiger charge is -2.45. The molecule has 27 heavy (non-hydrogen) atoms. The van der Waals surface area contributed by atoms with E-state index in [9.17, 15) is 0 Å². The van der Waals surface area contributed by atoms with Crippen molar-refractivity contribution < 1.29 is 0 Å². The molecule has 1 rings (SSSR count). The quantitative estimate of drug-likeness (QED) is 0.333. The van der Waals surface area contributed by atoms with E-state index in [0.29, 0.717) is 5.66 Å². The summed E-state index contributed by atoms with van der Waals surface area (Å²) in [6, 6.07) is 0. The predicted molar refractivity (Wildman–Crippen MR) is 127 cm³/mol. The van der Waals surface area contributed by atoms with Crippen LogP contribution >= 0.6 is 16.4 Å². The summed E-state index contributed by atoms with van der Waals surface area (Å²) in [5.74, 6) is 0. The summed E-state index contributed by atoms with van der Waals surface area (Å²) < 4.78 is 10.8. The van der Waals surface area contributed by atoms with Gasteiger partial charge in [-0.25, -0.2) is 0 Å². The third kappa shape index (κ3) is 6.08. The highest BCUT2D eigenvalue weighted by Crippen LogP contribution is 2.63. The fourth-order valence-corrected chi connectivity index (χ4v) is 9.92. The summed E-state index contributed by atoms with van der Waals surface area (Å²) in [4.78, 5) is 0. The molecule has 0 bridgehead atoms. The van der Waals surface area contributed by atoms with Crippen molar-refractivity contribution in [2.45, 2.75) is 61.0 Å².